The molecular weight excluding hydrogens is 328 g/mol. The van der Waals surface area contributed by atoms with E-state index >= 15 is 0 Å². The van der Waals surface area contributed by atoms with Gasteiger partial charge in [0.1, 0.15) is 11.6 Å². The number of rotatable bonds is 10. The quantitative estimate of drug-likeness (QED) is 0.707. The number of anilines is 1. The highest BCUT2D eigenvalue weighted by molar-refractivity contribution is 5.92. The van der Waals surface area contributed by atoms with Gasteiger partial charge in [-0.1, -0.05) is 26.0 Å². The summed E-state index contributed by atoms with van der Waals surface area (Å²) < 4.78 is 5.16. The van der Waals surface area contributed by atoms with Crippen LogP contribution < -0.4 is 10.1 Å². The highest BCUT2D eigenvalue weighted by Crippen LogP contribution is 2.12. The largest absolute Gasteiger partial charge is 0.497 e. The summed E-state index contributed by atoms with van der Waals surface area (Å²) in [6.07, 6.45) is 2.74. The number of nitrogens with one attached hydrogen (secondary N) is 1. The van der Waals surface area contributed by atoms with Gasteiger partial charge in [-0.3, -0.25) is 4.79 Å². The van der Waals surface area contributed by atoms with Crippen LogP contribution in [0.2, 0.25) is 0 Å². The van der Waals surface area contributed by atoms with E-state index in [1.807, 2.05) is 35.2 Å². The number of aromatic nitrogens is 2. The zero-order valence-electron chi connectivity index (χ0n) is 15.9. The molecule has 0 aliphatic carbocycles. The highest BCUT2D eigenvalue weighted by atomic mass is 16.5. The van der Waals surface area contributed by atoms with Crippen LogP contribution in [0.15, 0.2) is 36.4 Å². The average molecular weight is 356 g/mol. The molecule has 1 aromatic heterocycles. The summed E-state index contributed by atoms with van der Waals surface area (Å²) in [5, 5.41) is 11.5. The van der Waals surface area contributed by atoms with Crippen molar-refractivity contribution in [2.75, 3.05) is 32.1 Å². The molecule has 0 unspecified atom stereocenters. The molecule has 0 fully saturated rings. The molecule has 0 spiro atoms. The zero-order valence-corrected chi connectivity index (χ0v) is 15.9. The van der Waals surface area contributed by atoms with E-state index in [-0.39, 0.29) is 5.91 Å². The molecule has 1 amide bonds. The second-order valence-corrected chi connectivity index (χ2v) is 6.12. The van der Waals surface area contributed by atoms with E-state index in [1.165, 1.54) is 5.56 Å². The van der Waals surface area contributed by atoms with Crippen molar-refractivity contribution in [2.45, 2.75) is 33.1 Å². The Balaban J connectivity index is 1.87. The van der Waals surface area contributed by atoms with Crippen LogP contribution in [-0.4, -0.2) is 47.7 Å². The first kappa shape index (κ1) is 19.7. The number of hydrogen-bond donors (Lipinski definition) is 1. The maximum Gasteiger partial charge on any atom is 0.274 e. The molecule has 2 rings (SSSR count). The molecule has 0 bridgehead atoms. The molecule has 140 valence electrons. The third-order valence-corrected chi connectivity index (χ3v) is 4.04. The normalized spacial score (nSPS) is 10.4. The van der Waals surface area contributed by atoms with E-state index in [0.717, 1.165) is 44.6 Å². The van der Waals surface area contributed by atoms with Gasteiger partial charge in [-0.15, -0.1) is 10.2 Å². The van der Waals surface area contributed by atoms with Crippen LogP contribution in [0.1, 0.15) is 42.7 Å². The molecule has 0 saturated heterocycles. The highest BCUT2D eigenvalue weighted by Gasteiger charge is 2.16. The first-order valence-electron chi connectivity index (χ1n) is 9.17. The minimum Gasteiger partial charge on any atom is -0.497 e. The molecule has 0 aliphatic rings. The monoisotopic (exact) mass is 356 g/mol. The first-order chi connectivity index (χ1) is 12.7. The van der Waals surface area contributed by atoms with Crippen LogP contribution in [0, 0.1) is 0 Å². The van der Waals surface area contributed by atoms with Gasteiger partial charge in [0.2, 0.25) is 0 Å². The van der Waals surface area contributed by atoms with E-state index in [1.54, 1.807) is 13.2 Å². The molecular formula is C20H28N4O2. The Morgan fingerprint density at radius 2 is 1.73 bits per heavy atom. The fraction of sp³-hybridized carbons (Fsp3) is 0.450. The summed E-state index contributed by atoms with van der Waals surface area (Å²) >= 11 is 0. The number of carbonyl (C=O) groups excluding carboxylic acids is 1. The zero-order chi connectivity index (χ0) is 18.8. The van der Waals surface area contributed by atoms with Crippen LogP contribution in [-0.2, 0) is 6.42 Å². The lowest BCUT2D eigenvalue weighted by molar-refractivity contribution is 0.0748. The van der Waals surface area contributed by atoms with Crippen molar-refractivity contribution in [3.05, 3.63) is 47.7 Å². The van der Waals surface area contributed by atoms with Gasteiger partial charge in [0.15, 0.2) is 5.69 Å². The molecule has 0 saturated carbocycles. The van der Waals surface area contributed by atoms with E-state index in [9.17, 15) is 4.79 Å². The van der Waals surface area contributed by atoms with Crippen molar-refractivity contribution < 1.29 is 9.53 Å². The summed E-state index contributed by atoms with van der Waals surface area (Å²) in [5.74, 6) is 1.48. The van der Waals surface area contributed by atoms with Gasteiger partial charge < -0.3 is 15.0 Å². The minimum absolute atomic E-state index is 0.0500. The Labute approximate surface area is 155 Å². The predicted molar refractivity (Wildman–Crippen MR) is 104 cm³/mol. The number of nitrogens with zero attached hydrogens (tertiary/aromatic N) is 3. The Hall–Kier alpha value is -2.63. The van der Waals surface area contributed by atoms with Crippen LogP contribution in [0.5, 0.6) is 5.75 Å². The lowest BCUT2D eigenvalue weighted by Gasteiger charge is -2.20. The molecule has 2 aromatic rings. The number of hydrogen-bond acceptors (Lipinski definition) is 5. The Kier molecular flexibility index (Phi) is 7.86. The van der Waals surface area contributed by atoms with E-state index in [4.69, 9.17) is 4.74 Å². The molecule has 1 N–H and O–H groups in total. The van der Waals surface area contributed by atoms with Crippen molar-refractivity contribution in [2.24, 2.45) is 0 Å². The van der Waals surface area contributed by atoms with Crippen LogP contribution >= 0.6 is 0 Å². The Morgan fingerprint density at radius 1 is 1.04 bits per heavy atom. The maximum atomic E-state index is 12.5. The number of ether oxygens (including phenoxy) is 1. The van der Waals surface area contributed by atoms with Gasteiger partial charge in [-0.2, -0.15) is 0 Å². The molecule has 1 aromatic carbocycles. The standard InChI is InChI=1S/C20H28N4O2/c1-4-14-24(15-5-2)20(25)18-10-11-19(23-22-18)21-13-12-16-6-8-17(26-3)9-7-16/h6-11H,4-5,12-15H2,1-3H3,(H,21,23). The molecule has 0 atom stereocenters. The second kappa shape index (κ2) is 10.4. The van der Waals surface area contributed by atoms with Crippen LogP contribution in [0.3, 0.4) is 0 Å². The van der Waals surface area contributed by atoms with Gasteiger partial charge in [0.25, 0.3) is 5.91 Å². The molecule has 6 heteroatoms. The van der Waals surface area contributed by atoms with Gasteiger partial charge in [-0.25, -0.2) is 0 Å². The third kappa shape index (κ3) is 5.72. The Bertz CT molecular complexity index is 665. The maximum absolute atomic E-state index is 12.5. The molecule has 6 nitrogen and oxygen atoms in total. The van der Waals surface area contributed by atoms with E-state index in [2.05, 4.69) is 29.4 Å². The molecule has 0 radical (unpaired) electrons. The minimum atomic E-state index is -0.0500. The fourth-order valence-corrected chi connectivity index (χ4v) is 2.68. The number of methoxy groups -OCH3 is 1. The fourth-order valence-electron chi connectivity index (χ4n) is 2.68. The third-order valence-electron chi connectivity index (χ3n) is 4.04. The number of amides is 1. The smallest absolute Gasteiger partial charge is 0.274 e. The van der Waals surface area contributed by atoms with Gasteiger partial charge in [-0.05, 0) is 49.1 Å². The first-order valence-corrected chi connectivity index (χ1v) is 9.17. The lowest BCUT2D eigenvalue weighted by Crippen LogP contribution is -2.33. The van der Waals surface area contributed by atoms with Gasteiger partial charge in [0.05, 0.1) is 7.11 Å². The van der Waals surface area contributed by atoms with E-state index in [0.29, 0.717) is 11.5 Å². The van der Waals surface area contributed by atoms with Crippen molar-refractivity contribution in [3.8, 4) is 5.75 Å². The van der Waals surface area contributed by atoms with Crippen molar-refractivity contribution >= 4 is 11.7 Å². The molecule has 0 aliphatic heterocycles. The lowest BCUT2D eigenvalue weighted by atomic mass is 10.1. The van der Waals surface area contributed by atoms with Crippen molar-refractivity contribution in [1.82, 2.24) is 15.1 Å². The topological polar surface area (TPSA) is 67.4 Å². The summed E-state index contributed by atoms with van der Waals surface area (Å²) in [6.45, 7) is 6.37. The SMILES string of the molecule is CCCN(CCC)C(=O)c1ccc(NCCc2ccc(OC)cc2)nn1. The predicted octanol–water partition coefficient (Wildman–Crippen LogP) is 3.40. The summed E-state index contributed by atoms with van der Waals surface area (Å²) in [4.78, 5) is 14.3. The summed E-state index contributed by atoms with van der Waals surface area (Å²) in [7, 11) is 1.66. The molecule has 26 heavy (non-hydrogen) atoms. The summed E-state index contributed by atoms with van der Waals surface area (Å²) in [6, 6.07) is 11.5. The van der Waals surface area contributed by atoms with Crippen LogP contribution in [0.4, 0.5) is 5.82 Å². The van der Waals surface area contributed by atoms with Gasteiger partial charge in [0, 0.05) is 19.6 Å². The summed E-state index contributed by atoms with van der Waals surface area (Å²) in [5.41, 5.74) is 1.61. The average Bonchev–Trinajstić information content (AvgIpc) is 2.68. The number of benzene rings is 1. The Morgan fingerprint density at radius 3 is 2.27 bits per heavy atom. The van der Waals surface area contributed by atoms with E-state index < -0.39 is 0 Å². The van der Waals surface area contributed by atoms with Crippen molar-refractivity contribution in [1.29, 1.82) is 0 Å². The van der Waals surface area contributed by atoms with Gasteiger partial charge >= 0.3 is 0 Å². The molecule has 1 heterocycles. The number of carbonyl (C=O) groups is 1. The van der Waals surface area contributed by atoms with Crippen molar-refractivity contribution in [3.63, 3.8) is 0 Å². The van der Waals surface area contributed by atoms with Crippen LogP contribution in [0.25, 0.3) is 0 Å². The second-order valence-electron chi connectivity index (χ2n) is 6.12.